The number of aliphatic hydroxyl groups is 1. The minimum absolute atomic E-state index is 0.236. The molecule has 1 atom stereocenters. The first-order valence-electron chi connectivity index (χ1n) is 9.47. The van der Waals surface area contributed by atoms with Crippen molar-refractivity contribution in [3.05, 3.63) is 67.9 Å². The minimum Gasteiger partial charge on any atom is -0.453 e. The molecule has 6 nitrogen and oxygen atoms in total. The number of hydrogen-bond acceptors (Lipinski definition) is 5. The van der Waals surface area contributed by atoms with Crippen LogP contribution in [0.4, 0.5) is 0 Å². The Labute approximate surface area is 174 Å². The molecule has 0 fully saturated rings. The van der Waals surface area contributed by atoms with E-state index in [1.165, 1.54) is 4.88 Å². The van der Waals surface area contributed by atoms with Crippen LogP contribution in [0.3, 0.4) is 0 Å². The highest BCUT2D eigenvalue weighted by atomic mass is 32.1. The average Bonchev–Trinajstić information content (AvgIpc) is 3.34. The zero-order valence-corrected chi connectivity index (χ0v) is 18.1. The summed E-state index contributed by atoms with van der Waals surface area (Å²) in [5.41, 5.74) is 4.73. The summed E-state index contributed by atoms with van der Waals surface area (Å²) >= 11 is 1.67. The smallest absolute Gasteiger partial charge is 0.355 e. The van der Waals surface area contributed by atoms with Crippen LogP contribution in [0, 0.1) is 27.7 Å². The van der Waals surface area contributed by atoms with Crippen LogP contribution < -0.4 is 0 Å². The zero-order valence-electron chi connectivity index (χ0n) is 17.3. The molecule has 154 valence electrons. The summed E-state index contributed by atoms with van der Waals surface area (Å²) in [5, 5.41) is 11.9. The molecule has 0 bridgehead atoms. The monoisotopic (exact) mass is 414 g/mol. The molecule has 3 rings (SSSR count). The molecule has 0 amide bonds. The number of carbonyl (C=O) groups excluding carboxylic acids is 2. The number of hydrogen-bond donors (Lipinski definition) is 2. The maximum atomic E-state index is 12.7. The lowest BCUT2D eigenvalue weighted by molar-refractivity contribution is 0.0468. The minimum atomic E-state index is -0.692. The van der Waals surface area contributed by atoms with Crippen molar-refractivity contribution in [2.75, 3.05) is 6.61 Å². The van der Waals surface area contributed by atoms with Crippen molar-refractivity contribution in [3.8, 4) is 0 Å². The Morgan fingerprint density at radius 2 is 2.00 bits per heavy atom. The quantitative estimate of drug-likeness (QED) is 0.447. The van der Waals surface area contributed by atoms with Crippen LogP contribution in [0.25, 0.3) is 0 Å². The van der Waals surface area contributed by atoms with Crippen molar-refractivity contribution in [2.24, 2.45) is 0 Å². The molecule has 0 unspecified atom stereocenters. The predicted molar refractivity (Wildman–Crippen MR) is 113 cm³/mol. The summed E-state index contributed by atoms with van der Waals surface area (Å²) in [6.07, 6.45) is -0.692. The van der Waals surface area contributed by atoms with Gasteiger partial charge < -0.3 is 19.4 Å². The van der Waals surface area contributed by atoms with Gasteiger partial charge in [-0.1, -0.05) is 6.07 Å². The third-order valence-electron chi connectivity index (χ3n) is 5.22. The number of aromatic amines is 1. The van der Waals surface area contributed by atoms with Gasteiger partial charge >= 0.3 is 5.97 Å². The van der Waals surface area contributed by atoms with Gasteiger partial charge in [-0.05, 0) is 57.7 Å². The number of thiophene rings is 1. The number of nitrogens with zero attached hydrogens (tertiary/aromatic N) is 1. The third kappa shape index (κ3) is 4.21. The number of aliphatic hydroxyl groups excluding tert-OH is 1. The topological polar surface area (TPSA) is 84.3 Å². The Hall–Kier alpha value is -2.64. The van der Waals surface area contributed by atoms with E-state index in [4.69, 9.17) is 4.74 Å². The molecule has 0 aliphatic carbocycles. The summed E-state index contributed by atoms with van der Waals surface area (Å²) in [6, 6.07) is 5.91. The van der Waals surface area contributed by atoms with E-state index in [1.807, 2.05) is 31.4 Å². The van der Waals surface area contributed by atoms with Gasteiger partial charge in [-0.3, -0.25) is 4.79 Å². The second kappa shape index (κ2) is 8.39. The second-order valence-corrected chi connectivity index (χ2v) is 8.32. The van der Waals surface area contributed by atoms with E-state index in [0.29, 0.717) is 28.9 Å². The lowest BCUT2D eigenvalue weighted by Crippen LogP contribution is -2.16. The largest absolute Gasteiger partial charge is 0.453 e. The zero-order chi connectivity index (χ0) is 21.3. The molecule has 3 heterocycles. The van der Waals surface area contributed by atoms with Gasteiger partial charge in [0.15, 0.2) is 6.61 Å². The maximum Gasteiger partial charge on any atom is 0.355 e. The van der Waals surface area contributed by atoms with Gasteiger partial charge in [-0.25, -0.2) is 4.79 Å². The molecule has 0 spiro atoms. The van der Waals surface area contributed by atoms with E-state index in [0.717, 1.165) is 11.4 Å². The van der Waals surface area contributed by atoms with Crippen LogP contribution in [-0.4, -0.2) is 33.0 Å². The Balaban J connectivity index is 1.71. The lowest BCUT2D eigenvalue weighted by atomic mass is 10.1. The van der Waals surface area contributed by atoms with Gasteiger partial charge in [0.05, 0.1) is 12.6 Å². The number of ether oxygens (including phenoxy) is 1. The molecule has 0 radical (unpaired) electrons. The van der Waals surface area contributed by atoms with E-state index >= 15 is 0 Å². The van der Waals surface area contributed by atoms with Gasteiger partial charge in [0, 0.05) is 33.1 Å². The molecule has 3 aromatic heterocycles. The summed E-state index contributed by atoms with van der Waals surface area (Å²) in [5.74, 6) is -0.834. The Kier molecular flexibility index (Phi) is 6.10. The van der Waals surface area contributed by atoms with Gasteiger partial charge in [0.2, 0.25) is 5.78 Å². The molecule has 7 heteroatoms. The predicted octanol–water partition coefficient (Wildman–Crippen LogP) is 4.25. The Bertz CT molecular complexity index is 1040. The molecule has 29 heavy (non-hydrogen) atoms. The summed E-state index contributed by atoms with van der Waals surface area (Å²) < 4.78 is 7.37. The average molecular weight is 415 g/mol. The van der Waals surface area contributed by atoms with Crippen LogP contribution in [-0.2, 0) is 11.3 Å². The standard InChI is InChI=1S/C22H26N2O4S/c1-12-9-18(15(4)24(12)10-17-7-6-8-29-17)19(26)11-28-22(27)21-13(2)20(16(5)25)14(3)23-21/h6-9,16,23,25H,10-11H2,1-5H3/t16-/m1/s1. The summed E-state index contributed by atoms with van der Waals surface area (Å²) in [6.45, 7) is 9.44. The van der Waals surface area contributed by atoms with Gasteiger partial charge in [-0.15, -0.1) is 11.3 Å². The van der Waals surface area contributed by atoms with E-state index in [-0.39, 0.29) is 18.1 Å². The number of aryl methyl sites for hydroxylation is 2. The highest BCUT2D eigenvalue weighted by molar-refractivity contribution is 7.09. The first-order valence-corrected chi connectivity index (χ1v) is 10.3. The van der Waals surface area contributed by atoms with Crippen molar-refractivity contribution < 1.29 is 19.4 Å². The van der Waals surface area contributed by atoms with E-state index in [9.17, 15) is 14.7 Å². The summed E-state index contributed by atoms with van der Waals surface area (Å²) in [7, 11) is 0. The van der Waals surface area contributed by atoms with Crippen LogP contribution in [0.2, 0.25) is 0 Å². The second-order valence-electron chi connectivity index (χ2n) is 7.29. The number of Topliss-reactive ketones (excluding diaryl/α,β-unsaturated/α-hetero) is 1. The van der Waals surface area contributed by atoms with Crippen molar-refractivity contribution in [1.29, 1.82) is 0 Å². The number of nitrogens with one attached hydrogen (secondary N) is 1. The number of ketones is 1. The number of esters is 1. The highest BCUT2D eigenvalue weighted by Gasteiger charge is 2.23. The van der Waals surface area contributed by atoms with E-state index in [1.54, 1.807) is 32.1 Å². The Morgan fingerprint density at radius 1 is 1.28 bits per heavy atom. The van der Waals surface area contributed by atoms with E-state index < -0.39 is 12.1 Å². The van der Waals surface area contributed by atoms with Crippen molar-refractivity contribution in [2.45, 2.75) is 47.3 Å². The van der Waals surface area contributed by atoms with Gasteiger partial charge in [-0.2, -0.15) is 0 Å². The molecule has 3 aromatic rings. The van der Waals surface area contributed by atoms with Crippen LogP contribution in [0.1, 0.15) is 67.0 Å². The van der Waals surface area contributed by atoms with Crippen molar-refractivity contribution in [3.63, 3.8) is 0 Å². The fourth-order valence-electron chi connectivity index (χ4n) is 3.76. The molecule has 0 aromatic carbocycles. The van der Waals surface area contributed by atoms with Gasteiger partial charge in [0.25, 0.3) is 0 Å². The fraction of sp³-hybridized carbons (Fsp3) is 0.364. The molecule has 0 saturated heterocycles. The number of carbonyl (C=O) groups is 2. The molecule has 0 aliphatic rings. The van der Waals surface area contributed by atoms with Crippen molar-refractivity contribution in [1.82, 2.24) is 9.55 Å². The van der Waals surface area contributed by atoms with E-state index in [2.05, 4.69) is 15.6 Å². The molecular weight excluding hydrogens is 388 g/mol. The normalized spacial score (nSPS) is 12.2. The number of rotatable bonds is 7. The van der Waals surface area contributed by atoms with Crippen LogP contribution in [0.15, 0.2) is 23.6 Å². The first-order chi connectivity index (χ1) is 13.7. The van der Waals surface area contributed by atoms with Crippen LogP contribution >= 0.6 is 11.3 Å². The van der Waals surface area contributed by atoms with Crippen LogP contribution in [0.5, 0.6) is 0 Å². The fourth-order valence-corrected chi connectivity index (χ4v) is 4.45. The number of aromatic nitrogens is 2. The van der Waals surface area contributed by atoms with Gasteiger partial charge in [0.1, 0.15) is 5.69 Å². The lowest BCUT2D eigenvalue weighted by Gasteiger charge is -2.09. The van der Waals surface area contributed by atoms with Crippen molar-refractivity contribution >= 4 is 23.1 Å². The highest BCUT2D eigenvalue weighted by Crippen LogP contribution is 2.25. The molecule has 2 N–H and O–H groups in total. The molecule has 0 saturated carbocycles. The molecule has 0 aliphatic heterocycles. The number of H-pyrrole nitrogens is 1. The third-order valence-corrected chi connectivity index (χ3v) is 6.08. The molecular formula is C22H26N2O4S. The summed E-state index contributed by atoms with van der Waals surface area (Å²) in [4.78, 5) is 29.3. The SMILES string of the molecule is Cc1[nH]c(C(=O)OCC(=O)c2cc(C)n(Cc3cccs3)c2C)c(C)c1[C@@H](C)O. The maximum absolute atomic E-state index is 12.7. The Morgan fingerprint density at radius 3 is 2.59 bits per heavy atom. The first kappa shape index (κ1) is 21.1.